The number of piperazine rings is 1. The number of aromatic nitrogens is 1. The molecule has 3 rings (SSSR count). The number of ether oxygens (including phenoxy) is 1. The number of anilines is 1. The van der Waals surface area contributed by atoms with Gasteiger partial charge in [0.25, 0.3) is 0 Å². The molecule has 1 aromatic heterocycles. The van der Waals surface area contributed by atoms with Crippen LogP contribution in [0.1, 0.15) is 12.8 Å². The second-order valence-corrected chi connectivity index (χ2v) is 6.69. The number of carbonyl (C=O) groups is 1. The number of nitrogens with one attached hydrogen (secondary N) is 1. The Morgan fingerprint density at radius 1 is 1.23 bits per heavy atom. The van der Waals surface area contributed by atoms with Crippen LogP contribution in [-0.2, 0) is 9.53 Å². The molecule has 0 amide bonds. The Labute approximate surface area is 150 Å². The zero-order chi connectivity index (χ0) is 18.6. The molecule has 0 spiro atoms. The van der Waals surface area contributed by atoms with Gasteiger partial charge in [0.05, 0.1) is 0 Å². The van der Waals surface area contributed by atoms with E-state index >= 15 is 0 Å². The smallest absolute Gasteiger partial charge is 0.438 e. The van der Waals surface area contributed by atoms with Crippen molar-refractivity contribution in [2.75, 3.05) is 44.2 Å². The summed E-state index contributed by atoms with van der Waals surface area (Å²) in [6.07, 6.45) is -0.392. The standard InChI is InChI=1S/C17H23F3N4O2/c18-17(19,20)16(25)26-15-11-22-7-10-24(15)12-13-3-8-23(9-4-13)14-1-5-21-6-2-14/h1-2,5-6,13,15,22H,3-4,7-12H2. The number of alkyl halides is 3. The van der Waals surface area contributed by atoms with E-state index in [4.69, 9.17) is 0 Å². The van der Waals surface area contributed by atoms with Crippen LogP contribution < -0.4 is 10.2 Å². The maximum atomic E-state index is 12.5. The summed E-state index contributed by atoms with van der Waals surface area (Å²) in [5.74, 6) is -1.75. The molecular formula is C17H23F3N4O2. The molecule has 1 unspecified atom stereocenters. The fourth-order valence-corrected chi connectivity index (χ4v) is 3.50. The molecule has 6 nitrogen and oxygen atoms in total. The summed E-state index contributed by atoms with van der Waals surface area (Å²) in [5, 5.41) is 2.99. The minimum Gasteiger partial charge on any atom is -0.438 e. The van der Waals surface area contributed by atoms with Crippen LogP contribution in [0.5, 0.6) is 0 Å². The zero-order valence-electron chi connectivity index (χ0n) is 14.4. The number of hydrogen-bond donors (Lipinski definition) is 1. The van der Waals surface area contributed by atoms with E-state index < -0.39 is 18.4 Å². The second kappa shape index (κ2) is 8.22. The van der Waals surface area contributed by atoms with Crippen molar-refractivity contribution in [1.82, 2.24) is 15.2 Å². The number of carbonyl (C=O) groups excluding carboxylic acids is 1. The monoisotopic (exact) mass is 372 g/mol. The third-order valence-electron chi connectivity index (χ3n) is 4.91. The Morgan fingerprint density at radius 3 is 2.58 bits per heavy atom. The van der Waals surface area contributed by atoms with Gasteiger partial charge < -0.3 is 15.0 Å². The maximum absolute atomic E-state index is 12.5. The predicted molar refractivity (Wildman–Crippen MR) is 89.6 cm³/mol. The number of piperidine rings is 1. The maximum Gasteiger partial charge on any atom is 0.490 e. The highest BCUT2D eigenvalue weighted by Gasteiger charge is 2.43. The summed E-state index contributed by atoms with van der Waals surface area (Å²) in [6.45, 7) is 3.90. The largest absolute Gasteiger partial charge is 0.490 e. The van der Waals surface area contributed by atoms with Crippen LogP contribution in [0.4, 0.5) is 18.9 Å². The summed E-state index contributed by atoms with van der Waals surface area (Å²) < 4.78 is 42.1. The molecule has 0 bridgehead atoms. The van der Waals surface area contributed by atoms with E-state index in [0.717, 1.165) is 31.6 Å². The van der Waals surface area contributed by atoms with Crippen molar-refractivity contribution in [3.8, 4) is 0 Å². The molecule has 144 valence electrons. The molecule has 1 N–H and O–H groups in total. The van der Waals surface area contributed by atoms with Crippen LogP contribution in [-0.4, -0.2) is 67.5 Å². The molecule has 2 aliphatic rings. The number of hydrogen-bond acceptors (Lipinski definition) is 6. The molecule has 0 saturated carbocycles. The van der Waals surface area contributed by atoms with Crippen LogP contribution in [0.2, 0.25) is 0 Å². The summed E-state index contributed by atoms with van der Waals surface area (Å²) in [6, 6.07) is 3.95. The Bertz CT molecular complexity index is 591. The van der Waals surface area contributed by atoms with E-state index in [1.54, 1.807) is 12.4 Å². The number of pyridine rings is 1. The van der Waals surface area contributed by atoms with E-state index in [1.807, 2.05) is 17.0 Å². The lowest BCUT2D eigenvalue weighted by Gasteiger charge is -2.40. The first-order valence-corrected chi connectivity index (χ1v) is 8.81. The van der Waals surface area contributed by atoms with Gasteiger partial charge in [-0.15, -0.1) is 0 Å². The average Bonchev–Trinajstić information content (AvgIpc) is 2.64. The van der Waals surface area contributed by atoms with Crippen molar-refractivity contribution in [1.29, 1.82) is 0 Å². The van der Waals surface area contributed by atoms with Gasteiger partial charge in [0.1, 0.15) is 0 Å². The minimum atomic E-state index is -4.96. The SMILES string of the molecule is O=C(OC1CNCCN1CC1CCN(c2ccncc2)CC1)C(F)(F)F. The number of nitrogens with zero attached hydrogens (tertiary/aromatic N) is 3. The first kappa shape index (κ1) is 18.9. The summed E-state index contributed by atoms with van der Waals surface area (Å²) in [4.78, 5) is 19.3. The van der Waals surface area contributed by atoms with Crippen molar-refractivity contribution in [2.45, 2.75) is 25.2 Å². The minimum absolute atomic E-state index is 0.220. The number of halogens is 3. The van der Waals surface area contributed by atoms with Gasteiger partial charge in [0, 0.05) is 57.3 Å². The molecule has 9 heteroatoms. The van der Waals surface area contributed by atoms with Crippen LogP contribution >= 0.6 is 0 Å². The fourth-order valence-electron chi connectivity index (χ4n) is 3.50. The lowest BCUT2D eigenvalue weighted by Crippen LogP contribution is -2.55. The van der Waals surface area contributed by atoms with Gasteiger partial charge >= 0.3 is 12.1 Å². The molecule has 0 aliphatic carbocycles. The first-order valence-electron chi connectivity index (χ1n) is 8.81. The highest BCUT2D eigenvalue weighted by molar-refractivity contribution is 5.75. The highest BCUT2D eigenvalue weighted by atomic mass is 19.4. The van der Waals surface area contributed by atoms with Gasteiger partial charge in [0.15, 0.2) is 6.23 Å². The van der Waals surface area contributed by atoms with Gasteiger partial charge in [-0.2, -0.15) is 13.2 Å². The van der Waals surface area contributed by atoms with Crippen LogP contribution in [0.15, 0.2) is 24.5 Å². The third-order valence-corrected chi connectivity index (χ3v) is 4.91. The lowest BCUT2D eigenvalue weighted by molar-refractivity contribution is -0.214. The quantitative estimate of drug-likeness (QED) is 0.811. The molecule has 2 saturated heterocycles. The van der Waals surface area contributed by atoms with Crippen molar-refractivity contribution in [3.63, 3.8) is 0 Å². The van der Waals surface area contributed by atoms with E-state index in [-0.39, 0.29) is 6.54 Å². The van der Waals surface area contributed by atoms with Crippen LogP contribution in [0.25, 0.3) is 0 Å². The third kappa shape index (κ3) is 4.85. The molecule has 1 aromatic rings. The Kier molecular flexibility index (Phi) is 5.98. The zero-order valence-corrected chi connectivity index (χ0v) is 14.4. The predicted octanol–water partition coefficient (Wildman–Crippen LogP) is 1.63. The van der Waals surface area contributed by atoms with Gasteiger partial charge in [-0.3, -0.25) is 9.88 Å². The summed E-state index contributed by atoms with van der Waals surface area (Å²) in [5.41, 5.74) is 1.14. The fraction of sp³-hybridized carbons (Fsp3) is 0.647. The molecule has 26 heavy (non-hydrogen) atoms. The van der Waals surface area contributed by atoms with Crippen molar-refractivity contribution in [2.24, 2.45) is 5.92 Å². The van der Waals surface area contributed by atoms with Crippen molar-refractivity contribution in [3.05, 3.63) is 24.5 Å². The van der Waals surface area contributed by atoms with Crippen LogP contribution in [0.3, 0.4) is 0 Å². The molecule has 1 atom stereocenters. The Morgan fingerprint density at radius 2 is 1.92 bits per heavy atom. The molecule has 0 aromatic carbocycles. The average molecular weight is 372 g/mol. The normalized spacial score (nSPS) is 23.0. The number of esters is 1. The highest BCUT2D eigenvalue weighted by Crippen LogP contribution is 2.25. The van der Waals surface area contributed by atoms with Crippen molar-refractivity contribution < 1.29 is 22.7 Å². The molecular weight excluding hydrogens is 349 g/mol. The van der Waals surface area contributed by atoms with E-state index in [1.165, 1.54) is 0 Å². The summed E-state index contributed by atoms with van der Waals surface area (Å²) >= 11 is 0. The lowest BCUT2D eigenvalue weighted by atomic mass is 9.95. The molecule has 2 fully saturated rings. The van der Waals surface area contributed by atoms with Crippen molar-refractivity contribution >= 4 is 11.7 Å². The van der Waals surface area contributed by atoms with E-state index in [0.29, 0.717) is 25.6 Å². The van der Waals surface area contributed by atoms with Crippen LogP contribution in [0, 0.1) is 5.92 Å². The second-order valence-electron chi connectivity index (χ2n) is 6.69. The molecule has 2 aliphatic heterocycles. The number of rotatable bonds is 4. The topological polar surface area (TPSA) is 57.7 Å². The first-order chi connectivity index (χ1) is 12.4. The van der Waals surface area contributed by atoms with E-state index in [2.05, 4.69) is 19.9 Å². The van der Waals surface area contributed by atoms with Gasteiger partial charge in [-0.25, -0.2) is 4.79 Å². The van der Waals surface area contributed by atoms with Gasteiger partial charge in [-0.05, 0) is 30.9 Å². The summed E-state index contributed by atoms with van der Waals surface area (Å²) in [7, 11) is 0. The molecule has 0 radical (unpaired) electrons. The molecule has 3 heterocycles. The van der Waals surface area contributed by atoms with E-state index in [9.17, 15) is 18.0 Å². The van der Waals surface area contributed by atoms with Gasteiger partial charge in [0.2, 0.25) is 0 Å². The Balaban J connectivity index is 1.52. The Hall–Kier alpha value is -1.87. The van der Waals surface area contributed by atoms with Gasteiger partial charge in [-0.1, -0.05) is 0 Å².